The highest BCUT2D eigenvalue weighted by molar-refractivity contribution is 7.10. The number of amides is 4. The lowest BCUT2D eigenvalue weighted by molar-refractivity contribution is -0.155. The minimum Gasteiger partial charge on any atom is -0.464 e. The minimum atomic E-state index is -1.04. The maximum Gasteiger partial charge on any atom is 0.324 e. The molecule has 3 saturated heterocycles. The predicted octanol–water partition coefficient (Wildman–Crippen LogP) is 6.84. The van der Waals surface area contributed by atoms with Crippen LogP contribution in [0.15, 0.2) is 41.9 Å². The summed E-state index contributed by atoms with van der Waals surface area (Å²) in [5.41, 5.74) is 9.25. The van der Waals surface area contributed by atoms with Crippen molar-refractivity contribution in [1.82, 2.24) is 45.0 Å². The van der Waals surface area contributed by atoms with Gasteiger partial charge in [0.05, 0.1) is 34.8 Å². The summed E-state index contributed by atoms with van der Waals surface area (Å²) in [7, 11) is 5.53. The van der Waals surface area contributed by atoms with Crippen molar-refractivity contribution in [2.24, 2.45) is 11.3 Å². The number of likely N-dealkylation sites (N-methyl/N-ethyl adjacent to an activating group) is 1. The van der Waals surface area contributed by atoms with Gasteiger partial charge in [-0.05, 0) is 102 Å². The Hall–Kier alpha value is -4.90. The quantitative estimate of drug-likeness (QED) is 0.180. The van der Waals surface area contributed by atoms with E-state index in [1.54, 1.807) is 25.3 Å². The molecule has 3 aromatic heterocycles. The number of fused-ring (bicyclic) bond motifs is 6. The molecule has 7 heterocycles. The van der Waals surface area contributed by atoms with Crippen molar-refractivity contribution in [1.29, 1.82) is 0 Å². The number of hydrogen-bond acceptors (Lipinski definition) is 11. The van der Waals surface area contributed by atoms with E-state index < -0.39 is 35.4 Å². The molecule has 1 spiro atoms. The highest BCUT2D eigenvalue weighted by atomic mass is 32.1. The molecule has 4 amide bonds. The average Bonchev–Trinajstić information content (AvgIpc) is 4.03. The number of urea groups is 1. The Labute approximate surface area is 393 Å². The van der Waals surface area contributed by atoms with Gasteiger partial charge in [0.2, 0.25) is 5.91 Å². The van der Waals surface area contributed by atoms with Gasteiger partial charge in [0.25, 0.3) is 5.91 Å². The number of nitrogens with zero attached hydrogens (tertiary/aromatic N) is 7. The van der Waals surface area contributed by atoms with Crippen LogP contribution in [0, 0.1) is 11.3 Å². The van der Waals surface area contributed by atoms with Gasteiger partial charge in [0, 0.05) is 97.9 Å². The Kier molecular flexibility index (Phi) is 14.0. The molecule has 4 aliphatic heterocycles. The van der Waals surface area contributed by atoms with Gasteiger partial charge in [-0.2, -0.15) is 0 Å². The maximum absolute atomic E-state index is 14.7. The molecule has 1 unspecified atom stereocenters. The third kappa shape index (κ3) is 9.35. The number of nitrogens with one attached hydrogen (secondary N) is 2. The summed E-state index contributed by atoms with van der Waals surface area (Å²) in [6.07, 6.45) is 7.04. The van der Waals surface area contributed by atoms with Crippen LogP contribution in [0.3, 0.4) is 0 Å². The van der Waals surface area contributed by atoms with Crippen LogP contribution in [0.5, 0.6) is 0 Å². The maximum atomic E-state index is 14.7. The smallest absolute Gasteiger partial charge is 0.324 e. The Morgan fingerprint density at radius 1 is 1.08 bits per heavy atom. The lowest BCUT2D eigenvalue weighted by Crippen LogP contribution is -2.63. The van der Waals surface area contributed by atoms with Crippen LogP contribution in [0.1, 0.15) is 102 Å². The third-order valence-corrected chi connectivity index (χ3v) is 15.4. The number of piperidine rings is 1. The van der Waals surface area contributed by atoms with Gasteiger partial charge in [-0.25, -0.2) is 15.2 Å². The third-order valence-electron chi connectivity index (χ3n) is 14.5. The van der Waals surface area contributed by atoms with Gasteiger partial charge >= 0.3 is 12.0 Å². The number of likely N-dealkylation sites (tertiary alicyclic amines) is 2. The van der Waals surface area contributed by atoms with Crippen LogP contribution in [-0.2, 0) is 43.2 Å². The number of cyclic esters (lactones) is 1. The number of esters is 1. The second kappa shape index (κ2) is 19.4. The Morgan fingerprint density at radius 3 is 2.58 bits per heavy atom. The molecule has 8 rings (SSSR count). The van der Waals surface area contributed by atoms with Crippen LogP contribution in [0.2, 0.25) is 0 Å². The lowest BCUT2D eigenvalue weighted by Gasteiger charge is -2.46. The molecule has 0 aliphatic carbocycles. The molecule has 3 fully saturated rings. The van der Waals surface area contributed by atoms with E-state index >= 15 is 0 Å². The number of rotatable bonds is 8. The summed E-state index contributed by atoms with van der Waals surface area (Å²) in [5, 5.41) is 8.32. The zero-order valence-corrected chi connectivity index (χ0v) is 41.1. The fourth-order valence-electron chi connectivity index (χ4n) is 10.8. The Balaban J connectivity index is 1.16. The van der Waals surface area contributed by atoms with Crippen LogP contribution < -0.4 is 10.7 Å². The summed E-state index contributed by atoms with van der Waals surface area (Å²) in [6, 6.07) is 7.72. The number of carbonyl (C=O) groups is 4. The molecule has 4 aliphatic rings. The molecule has 0 radical (unpaired) electrons. The van der Waals surface area contributed by atoms with Crippen molar-refractivity contribution in [2.45, 2.75) is 129 Å². The monoisotopic (exact) mass is 924 g/mol. The number of ether oxygens (including phenoxy) is 2. The molecule has 66 heavy (non-hydrogen) atoms. The van der Waals surface area contributed by atoms with E-state index in [0.29, 0.717) is 43.9 Å². The van der Waals surface area contributed by atoms with E-state index in [2.05, 4.69) is 72.3 Å². The molecular weight excluding hydrogens is 855 g/mol. The van der Waals surface area contributed by atoms with Crippen molar-refractivity contribution >= 4 is 46.1 Å². The molecule has 15 nitrogen and oxygen atoms in total. The van der Waals surface area contributed by atoms with Gasteiger partial charge < -0.3 is 34.1 Å². The SMILES string of the molecule is CCn1c(-c2cccnc2[C@H](C)OC)c2c3cc(ccc31)-c1csc(n1)C[C@H](NC(=O)C(C(C)C)N(C)C(=O)N1CCCC13CCN(C)CC3)C(=O)N1CCC[C@H](N1)C(=O)OCC(C)(C)C2. The lowest BCUT2D eigenvalue weighted by atomic mass is 9.84. The zero-order chi connectivity index (χ0) is 47.1. The molecule has 4 aromatic rings. The first-order valence-electron chi connectivity index (χ1n) is 23.9. The van der Waals surface area contributed by atoms with Crippen molar-refractivity contribution in [3.8, 4) is 22.5 Å². The number of hydrogen-bond donors (Lipinski definition) is 2. The number of benzene rings is 1. The van der Waals surface area contributed by atoms with Crippen molar-refractivity contribution in [3.05, 3.63) is 58.2 Å². The molecule has 356 valence electrons. The Bertz CT molecular complexity index is 2440. The number of pyridine rings is 1. The van der Waals surface area contributed by atoms with Crippen molar-refractivity contribution < 1.29 is 28.7 Å². The van der Waals surface area contributed by atoms with E-state index in [4.69, 9.17) is 19.4 Å². The fraction of sp³-hybridized carbons (Fsp3) is 0.600. The minimum absolute atomic E-state index is 0.118. The highest BCUT2D eigenvalue weighted by Gasteiger charge is 2.47. The second-order valence-electron chi connectivity index (χ2n) is 20.1. The predicted molar refractivity (Wildman–Crippen MR) is 257 cm³/mol. The Morgan fingerprint density at radius 2 is 1.85 bits per heavy atom. The number of carbonyl (C=O) groups excluding carboxylic acids is 4. The first kappa shape index (κ1) is 47.6. The van der Waals surface area contributed by atoms with E-state index in [-0.39, 0.29) is 42.5 Å². The molecule has 16 heteroatoms. The molecule has 6 bridgehead atoms. The number of aromatic nitrogens is 3. The van der Waals surface area contributed by atoms with Gasteiger partial charge in [-0.1, -0.05) is 33.8 Å². The summed E-state index contributed by atoms with van der Waals surface area (Å²) >= 11 is 1.44. The van der Waals surface area contributed by atoms with Crippen molar-refractivity contribution in [2.75, 3.05) is 54.0 Å². The summed E-state index contributed by atoms with van der Waals surface area (Å²) in [4.78, 5) is 73.6. The zero-order valence-electron chi connectivity index (χ0n) is 40.3. The van der Waals surface area contributed by atoms with Gasteiger partial charge in [-0.3, -0.25) is 24.4 Å². The molecular formula is C50H69N9O6S. The average molecular weight is 924 g/mol. The standard InChI is InChI=1S/C50H69N9O6S/c1-10-57-40-17-16-33-26-35(40)36(44(57)34-14-11-21-51-42(34)32(4)64-9)28-49(5,6)30-65-47(62)37-15-12-23-59(54-37)46(61)38(27-41-52-39(33)29-66-41)53-45(60)43(31(2)3)56(8)48(63)58-22-13-18-50(58)19-24-55(7)25-20-50/h11,14,16-17,21,26,29,31-32,37-38,43,54H,10,12-13,15,18-20,22-25,27-28,30H2,1-9H3,(H,53,60)/t32-,37-,38-,43?/m0/s1. The van der Waals surface area contributed by atoms with Gasteiger partial charge in [-0.15, -0.1) is 11.3 Å². The first-order valence-corrected chi connectivity index (χ1v) is 24.8. The number of aryl methyl sites for hydroxylation is 1. The van der Waals surface area contributed by atoms with Crippen LogP contribution in [0.4, 0.5) is 4.79 Å². The number of hydrazine groups is 1. The number of thiazole rings is 1. The normalized spacial score (nSPS) is 22.3. The summed E-state index contributed by atoms with van der Waals surface area (Å²) in [6.45, 7) is 16.0. The van der Waals surface area contributed by atoms with E-state index in [1.165, 1.54) is 16.3 Å². The topological polar surface area (TPSA) is 154 Å². The van der Waals surface area contributed by atoms with Crippen LogP contribution in [-0.4, -0.2) is 136 Å². The first-order chi connectivity index (χ1) is 31.5. The summed E-state index contributed by atoms with van der Waals surface area (Å²) < 4.78 is 14.3. The van der Waals surface area contributed by atoms with Crippen LogP contribution in [0.25, 0.3) is 33.4 Å². The summed E-state index contributed by atoms with van der Waals surface area (Å²) in [5.74, 6) is -1.46. The molecule has 2 N–H and O–H groups in total. The fourth-order valence-corrected chi connectivity index (χ4v) is 11.7. The molecule has 4 atom stereocenters. The number of methoxy groups -OCH3 is 1. The van der Waals surface area contributed by atoms with E-state index in [0.717, 1.165) is 83.4 Å². The van der Waals surface area contributed by atoms with E-state index in [9.17, 15) is 19.2 Å². The van der Waals surface area contributed by atoms with Crippen molar-refractivity contribution in [3.63, 3.8) is 0 Å². The molecule has 0 saturated carbocycles. The van der Waals surface area contributed by atoms with Gasteiger partial charge in [0.1, 0.15) is 18.1 Å². The largest absolute Gasteiger partial charge is 0.464 e. The second-order valence-corrected chi connectivity index (χ2v) is 21.1. The highest BCUT2D eigenvalue weighted by Crippen LogP contribution is 2.43. The molecule has 1 aromatic carbocycles. The van der Waals surface area contributed by atoms with E-state index in [1.807, 2.05) is 37.1 Å². The van der Waals surface area contributed by atoms with Crippen LogP contribution >= 0.6 is 11.3 Å². The van der Waals surface area contributed by atoms with Gasteiger partial charge in [0.15, 0.2) is 0 Å².